The summed E-state index contributed by atoms with van der Waals surface area (Å²) in [4.78, 5) is 13.2. The highest BCUT2D eigenvalue weighted by Crippen LogP contribution is 2.32. The van der Waals surface area contributed by atoms with E-state index in [1.165, 1.54) is 11.3 Å². The lowest BCUT2D eigenvalue weighted by atomic mass is 10.2. The average molecular weight is 326 g/mol. The Hall–Kier alpha value is -2.29. The van der Waals surface area contributed by atoms with Crippen LogP contribution in [0.2, 0.25) is 0 Å². The lowest BCUT2D eigenvalue weighted by molar-refractivity contribution is -0.159. The van der Waals surface area contributed by atoms with Crippen LogP contribution in [0.5, 0.6) is 0 Å². The number of hydrogen-bond acceptors (Lipinski definition) is 6. The van der Waals surface area contributed by atoms with Crippen LogP contribution < -0.4 is 0 Å². The third-order valence-corrected chi connectivity index (χ3v) is 3.82. The van der Waals surface area contributed by atoms with Gasteiger partial charge in [0, 0.05) is 23.7 Å². The molecule has 22 heavy (non-hydrogen) atoms. The van der Waals surface area contributed by atoms with Crippen molar-refractivity contribution in [2.24, 2.45) is 0 Å². The predicted molar refractivity (Wildman–Crippen MR) is 72.2 cm³/mol. The maximum absolute atomic E-state index is 12.4. The van der Waals surface area contributed by atoms with E-state index in [1.807, 2.05) is 6.92 Å². The molecule has 0 saturated carbocycles. The van der Waals surface area contributed by atoms with Gasteiger partial charge in [-0.05, 0) is 19.1 Å². The Balaban J connectivity index is 1.79. The first-order chi connectivity index (χ1) is 10.4. The molecule has 3 heterocycles. The zero-order valence-corrected chi connectivity index (χ0v) is 12.1. The van der Waals surface area contributed by atoms with Gasteiger partial charge in [-0.15, -0.1) is 11.3 Å². The van der Waals surface area contributed by atoms with Gasteiger partial charge in [-0.1, -0.05) is 5.16 Å². The van der Waals surface area contributed by atoms with E-state index in [2.05, 4.69) is 24.6 Å². The third kappa shape index (κ3) is 3.14. The summed E-state index contributed by atoms with van der Waals surface area (Å²) in [5.41, 5.74) is 1.60. The summed E-state index contributed by atoms with van der Waals surface area (Å²) in [6.45, 7) is 1.84. The van der Waals surface area contributed by atoms with Crippen LogP contribution in [0.4, 0.5) is 13.2 Å². The molecule has 0 amide bonds. The minimum atomic E-state index is -4.64. The minimum absolute atomic E-state index is 0.0708. The molecule has 0 aromatic carbocycles. The topological polar surface area (TPSA) is 64.7 Å². The molecule has 0 N–H and O–H groups in total. The van der Waals surface area contributed by atoms with Gasteiger partial charge in [0.25, 0.3) is 0 Å². The van der Waals surface area contributed by atoms with Crippen LogP contribution in [0.25, 0.3) is 10.7 Å². The molecule has 0 atom stereocenters. The van der Waals surface area contributed by atoms with Gasteiger partial charge in [0.15, 0.2) is 0 Å². The van der Waals surface area contributed by atoms with Gasteiger partial charge in [-0.25, -0.2) is 0 Å². The Morgan fingerprint density at radius 3 is 2.64 bits per heavy atom. The molecule has 0 bridgehead atoms. The zero-order valence-electron chi connectivity index (χ0n) is 11.3. The monoisotopic (exact) mass is 326 g/mol. The number of rotatable bonds is 3. The Bertz CT molecular complexity index is 779. The SMILES string of the molecule is Cc1cnc(Cc2ccc(-c3noc(C(F)(F)F)n3)s2)cn1. The zero-order chi connectivity index (χ0) is 15.7. The number of aromatic nitrogens is 4. The van der Waals surface area contributed by atoms with E-state index >= 15 is 0 Å². The standard InChI is InChI=1S/C13H9F3N4OS/c1-7-5-18-8(6-17-7)4-9-2-3-10(22-9)11-19-12(21-20-11)13(14,15)16/h2-3,5-6H,4H2,1H3. The number of nitrogens with zero attached hydrogens (tertiary/aromatic N) is 4. The van der Waals surface area contributed by atoms with E-state index in [9.17, 15) is 13.2 Å². The summed E-state index contributed by atoms with van der Waals surface area (Å²) in [5.74, 6) is -1.42. The van der Waals surface area contributed by atoms with Crippen molar-refractivity contribution in [2.45, 2.75) is 19.5 Å². The maximum atomic E-state index is 12.4. The molecular formula is C13H9F3N4OS. The molecule has 0 radical (unpaired) electrons. The van der Waals surface area contributed by atoms with E-state index < -0.39 is 12.1 Å². The van der Waals surface area contributed by atoms with Crippen molar-refractivity contribution in [3.63, 3.8) is 0 Å². The van der Waals surface area contributed by atoms with Crippen molar-refractivity contribution in [1.29, 1.82) is 0 Å². The van der Waals surface area contributed by atoms with Gasteiger partial charge in [-0.2, -0.15) is 18.2 Å². The number of thiophene rings is 1. The van der Waals surface area contributed by atoms with Crippen molar-refractivity contribution in [1.82, 2.24) is 20.1 Å². The van der Waals surface area contributed by atoms with Crippen LogP contribution in [0.3, 0.4) is 0 Å². The molecule has 0 aliphatic carbocycles. The van der Waals surface area contributed by atoms with Crippen molar-refractivity contribution in [2.75, 3.05) is 0 Å². The van der Waals surface area contributed by atoms with E-state index in [4.69, 9.17) is 0 Å². The quantitative estimate of drug-likeness (QED) is 0.737. The molecular weight excluding hydrogens is 317 g/mol. The number of halogens is 3. The maximum Gasteiger partial charge on any atom is 0.471 e. The van der Waals surface area contributed by atoms with Crippen molar-refractivity contribution >= 4 is 11.3 Å². The molecule has 0 fully saturated rings. The van der Waals surface area contributed by atoms with E-state index in [0.29, 0.717) is 11.3 Å². The normalized spacial score (nSPS) is 11.8. The Morgan fingerprint density at radius 1 is 1.18 bits per heavy atom. The third-order valence-electron chi connectivity index (χ3n) is 2.74. The van der Waals surface area contributed by atoms with Gasteiger partial charge >= 0.3 is 12.1 Å². The Morgan fingerprint density at radius 2 is 2.00 bits per heavy atom. The van der Waals surface area contributed by atoms with Crippen molar-refractivity contribution < 1.29 is 17.7 Å². The average Bonchev–Trinajstić information content (AvgIpc) is 3.09. The van der Waals surface area contributed by atoms with Crippen LogP contribution in [0.15, 0.2) is 29.0 Å². The van der Waals surface area contributed by atoms with E-state index in [1.54, 1.807) is 24.5 Å². The van der Waals surface area contributed by atoms with Gasteiger partial charge in [0.1, 0.15) is 0 Å². The number of aryl methyl sites for hydroxylation is 1. The van der Waals surface area contributed by atoms with Crippen LogP contribution in [0.1, 0.15) is 22.2 Å². The fraction of sp³-hybridized carbons (Fsp3) is 0.231. The molecule has 0 unspecified atom stereocenters. The van der Waals surface area contributed by atoms with E-state index in [-0.39, 0.29) is 5.82 Å². The van der Waals surface area contributed by atoms with Gasteiger partial charge in [-0.3, -0.25) is 9.97 Å². The van der Waals surface area contributed by atoms with E-state index in [0.717, 1.165) is 16.3 Å². The first-order valence-corrected chi connectivity index (χ1v) is 7.01. The lowest BCUT2D eigenvalue weighted by Crippen LogP contribution is -2.04. The smallest absolute Gasteiger partial charge is 0.329 e. The van der Waals surface area contributed by atoms with Crippen molar-refractivity contribution in [3.8, 4) is 10.7 Å². The summed E-state index contributed by atoms with van der Waals surface area (Å²) >= 11 is 1.29. The van der Waals surface area contributed by atoms with Crippen LogP contribution in [-0.4, -0.2) is 20.1 Å². The highest BCUT2D eigenvalue weighted by Gasteiger charge is 2.38. The second kappa shape index (κ2) is 5.48. The molecule has 3 aromatic heterocycles. The molecule has 0 saturated heterocycles. The molecule has 3 aromatic rings. The summed E-state index contributed by atoms with van der Waals surface area (Å²) in [6.07, 6.45) is -0.756. The molecule has 0 aliphatic heterocycles. The van der Waals surface area contributed by atoms with Gasteiger partial charge in [0.05, 0.1) is 16.3 Å². The summed E-state index contributed by atoms with van der Waals surface area (Å²) in [5, 5.41) is 3.36. The minimum Gasteiger partial charge on any atom is -0.329 e. The fourth-order valence-electron chi connectivity index (χ4n) is 1.72. The predicted octanol–water partition coefficient (Wildman–Crippen LogP) is 3.51. The van der Waals surface area contributed by atoms with Gasteiger partial charge in [0.2, 0.25) is 5.82 Å². The number of alkyl halides is 3. The molecule has 0 spiro atoms. The summed E-state index contributed by atoms with van der Waals surface area (Å²) < 4.78 is 41.5. The summed E-state index contributed by atoms with van der Waals surface area (Å²) in [7, 11) is 0. The highest BCUT2D eigenvalue weighted by atomic mass is 32.1. The first kappa shape index (κ1) is 14.6. The number of hydrogen-bond donors (Lipinski definition) is 0. The lowest BCUT2D eigenvalue weighted by Gasteiger charge is -1.97. The molecule has 9 heteroatoms. The molecule has 0 aliphatic rings. The van der Waals surface area contributed by atoms with Crippen molar-refractivity contribution in [3.05, 3.63) is 46.7 Å². The van der Waals surface area contributed by atoms with Crippen LogP contribution >= 0.6 is 11.3 Å². The summed E-state index contributed by atoms with van der Waals surface area (Å²) in [6, 6.07) is 3.46. The largest absolute Gasteiger partial charge is 0.471 e. The highest BCUT2D eigenvalue weighted by molar-refractivity contribution is 7.15. The molecule has 114 valence electrons. The van der Waals surface area contributed by atoms with Crippen LogP contribution in [0, 0.1) is 6.92 Å². The van der Waals surface area contributed by atoms with Crippen LogP contribution in [-0.2, 0) is 12.6 Å². The fourth-order valence-corrected chi connectivity index (χ4v) is 2.67. The molecule has 5 nitrogen and oxygen atoms in total. The Labute approximate surface area is 126 Å². The first-order valence-electron chi connectivity index (χ1n) is 6.19. The second-order valence-corrected chi connectivity index (χ2v) is 5.68. The Kier molecular flexibility index (Phi) is 3.65. The molecule has 3 rings (SSSR count). The second-order valence-electron chi connectivity index (χ2n) is 4.51. The van der Waals surface area contributed by atoms with Gasteiger partial charge < -0.3 is 4.52 Å².